The molecule has 4 nitrogen and oxygen atoms in total. The monoisotopic (exact) mass is 298 g/mol. The molecule has 3 aromatic rings. The highest BCUT2D eigenvalue weighted by Crippen LogP contribution is 2.19. The number of pyridine rings is 1. The maximum absolute atomic E-state index is 13.7. The van der Waals surface area contributed by atoms with Crippen molar-refractivity contribution in [1.29, 1.82) is 0 Å². The lowest BCUT2D eigenvalue weighted by atomic mass is 10.1. The van der Waals surface area contributed by atoms with Crippen LogP contribution in [0.25, 0.3) is 10.9 Å². The Kier molecular flexibility index (Phi) is 4.15. The topological polar surface area (TPSA) is 42.7 Å². The SMILES string of the molecule is C[C@H]([C@@H](C)NCc1cc(F)cc2cccnc12)n1cccn1. The molecule has 0 radical (unpaired) electrons. The van der Waals surface area contributed by atoms with Gasteiger partial charge in [0.05, 0.1) is 11.6 Å². The van der Waals surface area contributed by atoms with E-state index < -0.39 is 0 Å². The smallest absolute Gasteiger partial charge is 0.124 e. The first-order valence-corrected chi connectivity index (χ1v) is 7.41. The van der Waals surface area contributed by atoms with Crippen LogP contribution in [0, 0.1) is 5.82 Å². The van der Waals surface area contributed by atoms with Crippen molar-refractivity contribution in [1.82, 2.24) is 20.1 Å². The first-order valence-electron chi connectivity index (χ1n) is 7.41. The Bertz CT molecular complexity index is 754. The van der Waals surface area contributed by atoms with Crippen LogP contribution in [0.1, 0.15) is 25.5 Å². The third-order valence-electron chi connectivity index (χ3n) is 4.03. The van der Waals surface area contributed by atoms with Gasteiger partial charge in [-0.3, -0.25) is 9.67 Å². The Hall–Kier alpha value is -2.27. The van der Waals surface area contributed by atoms with Crippen LogP contribution in [0.4, 0.5) is 4.39 Å². The van der Waals surface area contributed by atoms with Crippen molar-refractivity contribution >= 4 is 10.9 Å². The van der Waals surface area contributed by atoms with Crippen LogP contribution in [0.5, 0.6) is 0 Å². The zero-order chi connectivity index (χ0) is 15.5. The summed E-state index contributed by atoms with van der Waals surface area (Å²) in [5.74, 6) is -0.231. The van der Waals surface area contributed by atoms with Gasteiger partial charge in [-0.15, -0.1) is 0 Å². The second kappa shape index (κ2) is 6.23. The Morgan fingerprint density at radius 1 is 1.23 bits per heavy atom. The number of benzene rings is 1. The Morgan fingerprint density at radius 2 is 2.09 bits per heavy atom. The van der Waals surface area contributed by atoms with Crippen molar-refractivity contribution in [2.75, 3.05) is 0 Å². The van der Waals surface area contributed by atoms with E-state index in [1.807, 2.05) is 29.1 Å². The first-order chi connectivity index (χ1) is 10.6. The molecule has 0 bridgehead atoms. The number of nitrogens with zero attached hydrogens (tertiary/aromatic N) is 3. The summed E-state index contributed by atoms with van der Waals surface area (Å²) in [6.45, 7) is 4.77. The lowest BCUT2D eigenvalue weighted by Crippen LogP contribution is -2.33. The molecule has 0 saturated carbocycles. The fraction of sp³-hybridized carbons (Fsp3) is 0.294. The molecular weight excluding hydrogens is 279 g/mol. The molecule has 0 aliphatic rings. The highest BCUT2D eigenvalue weighted by atomic mass is 19.1. The van der Waals surface area contributed by atoms with Gasteiger partial charge in [0.1, 0.15) is 5.82 Å². The van der Waals surface area contributed by atoms with Gasteiger partial charge in [0.15, 0.2) is 0 Å². The van der Waals surface area contributed by atoms with Gasteiger partial charge in [0, 0.05) is 36.6 Å². The molecule has 1 aromatic carbocycles. The van der Waals surface area contributed by atoms with Crippen LogP contribution in [-0.4, -0.2) is 20.8 Å². The maximum atomic E-state index is 13.7. The number of halogens is 1. The zero-order valence-electron chi connectivity index (χ0n) is 12.7. The van der Waals surface area contributed by atoms with Crippen LogP contribution in [-0.2, 0) is 6.54 Å². The lowest BCUT2D eigenvalue weighted by Gasteiger charge is -2.22. The molecule has 5 heteroatoms. The quantitative estimate of drug-likeness (QED) is 0.786. The summed E-state index contributed by atoms with van der Waals surface area (Å²) < 4.78 is 15.7. The van der Waals surface area contributed by atoms with Crippen molar-refractivity contribution in [3.63, 3.8) is 0 Å². The van der Waals surface area contributed by atoms with E-state index in [2.05, 4.69) is 29.2 Å². The van der Waals surface area contributed by atoms with Crippen molar-refractivity contribution in [2.24, 2.45) is 0 Å². The third kappa shape index (κ3) is 2.99. The van der Waals surface area contributed by atoms with E-state index in [1.54, 1.807) is 18.5 Å². The van der Waals surface area contributed by atoms with Crippen molar-refractivity contribution in [2.45, 2.75) is 32.5 Å². The van der Waals surface area contributed by atoms with Crippen LogP contribution < -0.4 is 5.32 Å². The molecule has 0 saturated heterocycles. The summed E-state index contributed by atoms with van der Waals surface area (Å²) in [6.07, 6.45) is 5.45. The first kappa shape index (κ1) is 14.7. The van der Waals surface area contributed by atoms with Gasteiger partial charge in [0.25, 0.3) is 0 Å². The van der Waals surface area contributed by atoms with Gasteiger partial charge >= 0.3 is 0 Å². The molecule has 0 spiro atoms. The standard InChI is InChI=1S/C17H19FN4/c1-12(13(2)22-8-4-7-21-22)20-11-15-10-16(18)9-14-5-3-6-19-17(14)15/h3-10,12-13,20H,11H2,1-2H3/t12-,13-/m1/s1. The molecule has 0 aliphatic carbocycles. The molecule has 0 unspecified atom stereocenters. The number of fused-ring (bicyclic) bond motifs is 1. The molecule has 114 valence electrons. The minimum absolute atomic E-state index is 0.196. The minimum Gasteiger partial charge on any atom is -0.308 e. The number of rotatable bonds is 5. The van der Waals surface area contributed by atoms with Gasteiger partial charge in [-0.25, -0.2) is 4.39 Å². The predicted octanol–water partition coefficient (Wildman–Crippen LogP) is 3.31. The maximum Gasteiger partial charge on any atom is 0.124 e. The molecule has 2 aromatic heterocycles. The fourth-order valence-electron chi connectivity index (χ4n) is 2.55. The van der Waals surface area contributed by atoms with Crippen molar-refractivity contribution in [3.8, 4) is 0 Å². The van der Waals surface area contributed by atoms with Gasteiger partial charge < -0.3 is 5.32 Å². The lowest BCUT2D eigenvalue weighted by molar-refractivity contribution is 0.365. The van der Waals surface area contributed by atoms with Crippen LogP contribution >= 0.6 is 0 Å². The van der Waals surface area contributed by atoms with E-state index >= 15 is 0 Å². The predicted molar refractivity (Wildman–Crippen MR) is 84.9 cm³/mol. The molecular formula is C17H19FN4. The second-order valence-corrected chi connectivity index (χ2v) is 5.54. The van der Waals surface area contributed by atoms with Gasteiger partial charge in [-0.05, 0) is 43.7 Å². The Balaban J connectivity index is 1.76. The van der Waals surface area contributed by atoms with E-state index in [-0.39, 0.29) is 17.9 Å². The van der Waals surface area contributed by atoms with E-state index in [0.717, 1.165) is 16.5 Å². The highest BCUT2D eigenvalue weighted by molar-refractivity contribution is 5.81. The summed E-state index contributed by atoms with van der Waals surface area (Å²) in [5, 5.41) is 8.53. The van der Waals surface area contributed by atoms with Crippen LogP contribution in [0.3, 0.4) is 0 Å². The number of hydrogen-bond acceptors (Lipinski definition) is 3. The largest absolute Gasteiger partial charge is 0.308 e. The Labute approximate surface area is 129 Å². The summed E-state index contributed by atoms with van der Waals surface area (Å²) in [5.41, 5.74) is 1.71. The number of nitrogens with one attached hydrogen (secondary N) is 1. The average molecular weight is 298 g/mol. The van der Waals surface area contributed by atoms with E-state index in [4.69, 9.17) is 0 Å². The normalized spacial score (nSPS) is 14.1. The molecule has 0 amide bonds. The summed E-state index contributed by atoms with van der Waals surface area (Å²) in [4.78, 5) is 4.37. The molecule has 0 fully saturated rings. The number of aromatic nitrogens is 3. The van der Waals surface area contributed by atoms with Gasteiger partial charge in [-0.1, -0.05) is 6.07 Å². The van der Waals surface area contributed by atoms with Crippen LogP contribution in [0.15, 0.2) is 48.9 Å². The van der Waals surface area contributed by atoms with Gasteiger partial charge in [0.2, 0.25) is 0 Å². The zero-order valence-corrected chi connectivity index (χ0v) is 12.7. The fourth-order valence-corrected chi connectivity index (χ4v) is 2.55. The van der Waals surface area contributed by atoms with Gasteiger partial charge in [-0.2, -0.15) is 5.10 Å². The van der Waals surface area contributed by atoms with E-state index in [9.17, 15) is 4.39 Å². The molecule has 2 heterocycles. The average Bonchev–Trinajstić information content (AvgIpc) is 3.05. The number of hydrogen-bond donors (Lipinski definition) is 1. The molecule has 0 aliphatic heterocycles. The van der Waals surface area contributed by atoms with Crippen molar-refractivity contribution < 1.29 is 4.39 Å². The second-order valence-electron chi connectivity index (χ2n) is 5.54. The van der Waals surface area contributed by atoms with Crippen molar-refractivity contribution in [3.05, 3.63) is 60.3 Å². The summed E-state index contributed by atoms with van der Waals surface area (Å²) >= 11 is 0. The molecule has 2 atom stereocenters. The van der Waals surface area contributed by atoms with Crippen LogP contribution in [0.2, 0.25) is 0 Å². The Morgan fingerprint density at radius 3 is 2.86 bits per heavy atom. The highest BCUT2D eigenvalue weighted by Gasteiger charge is 2.14. The third-order valence-corrected chi connectivity index (χ3v) is 4.03. The van der Waals surface area contributed by atoms with E-state index in [0.29, 0.717) is 6.54 Å². The van der Waals surface area contributed by atoms with E-state index in [1.165, 1.54) is 6.07 Å². The minimum atomic E-state index is -0.231. The molecule has 22 heavy (non-hydrogen) atoms. The summed E-state index contributed by atoms with van der Waals surface area (Å²) in [7, 11) is 0. The summed E-state index contributed by atoms with van der Waals surface area (Å²) in [6, 6.07) is 9.08. The molecule has 3 rings (SSSR count). The molecule has 1 N–H and O–H groups in total.